The molecule has 3 N–H and O–H groups in total. The Hall–Kier alpha value is -3.57. The molecule has 31 heavy (non-hydrogen) atoms. The Balaban J connectivity index is 1.72. The van der Waals surface area contributed by atoms with Gasteiger partial charge >= 0.3 is 0 Å². The third-order valence-corrected chi connectivity index (χ3v) is 5.57. The molecule has 1 aliphatic heterocycles. The summed E-state index contributed by atoms with van der Waals surface area (Å²) in [7, 11) is 0. The zero-order valence-electron chi connectivity index (χ0n) is 17.8. The van der Waals surface area contributed by atoms with E-state index in [2.05, 4.69) is 10.6 Å². The van der Waals surface area contributed by atoms with Crippen LogP contribution in [0.2, 0.25) is 0 Å². The number of anilines is 2. The molecule has 1 unspecified atom stereocenters. The number of fused-ring (bicyclic) bond motifs is 1. The minimum Gasteiger partial charge on any atom is -0.369 e. The quantitative estimate of drug-likeness (QED) is 0.538. The standard InChI is InChI=1S/C26H27N3O2/c1-3-29(4-2)26(31)19-14-16-20(17-15-19)27-24(18-10-6-5-7-11-18)23-21-12-8-9-13-22(21)28-25(23)30/h5-17,25,27-28,30H,3-4H2,1-2H3/b24-23-. The highest BCUT2D eigenvalue weighted by Gasteiger charge is 2.28. The van der Waals surface area contributed by atoms with Crippen LogP contribution in [0.4, 0.5) is 11.4 Å². The van der Waals surface area contributed by atoms with Gasteiger partial charge in [-0.15, -0.1) is 0 Å². The number of hydrogen-bond donors (Lipinski definition) is 3. The number of hydrogen-bond acceptors (Lipinski definition) is 4. The summed E-state index contributed by atoms with van der Waals surface area (Å²) in [6.07, 6.45) is -0.816. The van der Waals surface area contributed by atoms with Gasteiger partial charge in [-0.25, -0.2) is 0 Å². The van der Waals surface area contributed by atoms with Gasteiger partial charge in [0.1, 0.15) is 0 Å². The molecule has 0 aliphatic carbocycles. The van der Waals surface area contributed by atoms with E-state index in [-0.39, 0.29) is 5.91 Å². The topological polar surface area (TPSA) is 64.6 Å². The minimum absolute atomic E-state index is 0.0301. The van der Waals surface area contributed by atoms with E-state index >= 15 is 0 Å². The molecule has 0 radical (unpaired) electrons. The smallest absolute Gasteiger partial charge is 0.253 e. The molecule has 1 aliphatic rings. The molecule has 0 saturated carbocycles. The number of carbonyl (C=O) groups excluding carboxylic acids is 1. The van der Waals surface area contributed by atoms with Gasteiger partial charge in [-0.2, -0.15) is 0 Å². The van der Waals surface area contributed by atoms with Crippen molar-refractivity contribution in [2.75, 3.05) is 23.7 Å². The maximum atomic E-state index is 12.6. The van der Waals surface area contributed by atoms with E-state index in [0.717, 1.165) is 33.8 Å². The highest BCUT2D eigenvalue weighted by molar-refractivity contribution is 6.03. The Morgan fingerprint density at radius 3 is 2.23 bits per heavy atom. The molecule has 4 rings (SSSR count). The lowest BCUT2D eigenvalue weighted by atomic mass is 9.99. The van der Waals surface area contributed by atoms with Crippen LogP contribution in [-0.2, 0) is 0 Å². The van der Waals surface area contributed by atoms with Gasteiger partial charge < -0.3 is 20.6 Å². The van der Waals surface area contributed by atoms with Gasteiger partial charge in [-0.05, 0) is 49.7 Å². The van der Waals surface area contributed by atoms with Gasteiger partial charge in [0.2, 0.25) is 0 Å². The molecule has 158 valence electrons. The second-order valence-corrected chi connectivity index (χ2v) is 7.43. The normalized spacial score (nSPS) is 16.3. The number of benzene rings is 3. The molecule has 0 aromatic heterocycles. The number of amides is 1. The van der Waals surface area contributed by atoms with Crippen LogP contribution in [-0.4, -0.2) is 35.2 Å². The summed E-state index contributed by atoms with van der Waals surface area (Å²) in [6.45, 7) is 5.33. The predicted molar refractivity (Wildman–Crippen MR) is 127 cm³/mol. The van der Waals surface area contributed by atoms with Gasteiger partial charge in [0.15, 0.2) is 6.23 Å². The largest absolute Gasteiger partial charge is 0.369 e. The number of nitrogens with zero attached hydrogens (tertiary/aromatic N) is 1. The van der Waals surface area contributed by atoms with Gasteiger partial charge in [0, 0.05) is 41.2 Å². The number of aliphatic hydroxyl groups excluding tert-OH is 1. The molecule has 1 heterocycles. The first-order valence-corrected chi connectivity index (χ1v) is 10.6. The fourth-order valence-corrected chi connectivity index (χ4v) is 3.92. The summed E-state index contributed by atoms with van der Waals surface area (Å²) < 4.78 is 0. The van der Waals surface area contributed by atoms with E-state index in [0.29, 0.717) is 18.7 Å². The number of aliphatic hydroxyl groups is 1. The number of para-hydroxylation sites is 1. The average Bonchev–Trinajstić information content (AvgIpc) is 3.14. The van der Waals surface area contributed by atoms with E-state index in [9.17, 15) is 9.90 Å². The van der Waals surface area contributed by atoms with Gasteiger partial charge in [-0.1, -0.05) is 48.5 Å². The Labute approximate surface area is 183 Å². The molecule has 3 aromatic rings. The summed E-state index contributed by atoms with van der Waals surface area (Å²) >= 11 is 0. The van der Waals surface area contributed by atoms with Crippen molar-refractivity contribution in [2.24, 2.45) is 0 Å². The Morgan fingerprint density at radius 2 is 1.55 bits per heavy atom. The van der Waals surface area contributed by atoms with Crippen molar-refractivity contribution in [2.45, 2.75) is 20.1 Å². The van der Waals surface area contributed by atoms with Crippen molar-refractivity contribution < 1.29 is 9.90 Å². The van der Waals surface area contributed by atoms with Crippen molar-refractivity contribution in [3.05, 3.63) is 95.6 Å². The monoisotopic (exact) mass is 413 g/mol. The highest BCUT2D eigenvalue weighted by Crippen LogP contribution is 2.39. The van der Waals surface area contributed by atoms with Crippen LogP contribution < -0.4 is 10.6 Å². The predicted octanol–water partition coefficient (Wildman–Crippen LogP) is 4.89. The van der Waals surface area contributed by atoms with Crippen LogP contribution in [0.5, 0.6) is 0 Å². The summed E-state index contributed by atoms with van der Waals surface area (Å²) in [4.78, 5) is 14.4. The SMILES string of the molecule is CCN(CC)C(=O)c1ccc(N/C(=C2/c3ccccc3NC2O)c2ccccc2)cc1. The fourth-order valence-electron chi connectivity index (χ4n) is 3.92. The van der Waals surface area contributed by atoms with E-state index in [4.69, 9.17) is 0 Å². The highest BCUT2D eigenvalue weighted by atomic mass is 16.3. The van der Waals surface area contributed by atoms with Crippen LogP contribution in [0.15, 0.2) is 78.9 Å². The van der Waals surface area contributed by atoms with Gasteiger partial charge in [-0.3, -0.25) is 4.79 Å². The lowest BCUT2D eigenvalue weighted by Crippen LogP contribution is -2.30. The molecular weight excluding hydrogens is 386 g/mol. The lowest BCUT2D eigenvalue weighted by molar-refractivity contribution is 0.0773. The first-order valence-electron chi connectivity index (χ1n) is 10.6. The molecule has 0 saturated heterocycles. The Kier molecular flexibility index (Phi) is 6.05. The Bertz CT molecular complexity index is 1090. The van der Waals surface area contributed by atoms with Crippen LogP contribution in [0.25, 0.3) is 11.3 Å². The van der Waals surface area contributed by atoms with Crippen molar-refractivity contribution >= 4 is 28.6 Å². The molecule has 3 aromatic carbocycles. The van der Waals surface area contributed by atoms with Crippen LogP contribution >= 0.6 is 0 Å². The molecule has 1 atom stereocenters. The first kappa shape index (κ1) is 20.7. The van der Waals surface area contributed by atoms with Crippen molar-refractivity contribution in [1.82, 2.24) is 4.90 Å². The van der Waals surface area contributed by atoms with Crippen molar-refractivity contribution in [3.63, 3.8) is 0 Å². The van der Waals surface area contributed by atoms with Crippen LogP contribution in [0, 0.1) is 0 Å². The minimum atomic E-state index is -0.816. The van der Waals surface area contributed by atoms with E-state index < -0.39 is 6.23 Å². The molecule has 5 nitrogen and oxygen atoms in total. The maximum Gasteiger partial charge on any atom is 0.253 e. The third-order valence-electron chi connectivity index (χ3n) is 5.57. The van der Waals surface area contributed by atoms with Crippen LogP contribution in [0.1, 0.15) is 35.3 Å². The van der Waals surface area contributed by atoms with Gasteiger partial charge in [0.05, 0.1) is 5.70 Å². The van der Waals surface area contributed by atoms with Crippen molar-refractivity contribution in [3.8, 4) is 0 Å². The number of rotatable bonds is 6. The average molecular weight is 414 g/mol. The number of carbonyl (C=O) groups is 1. The summed E-state index contributed by atoms with van der Waals surface area (Å²) in [5.74, 6) is 0.0301. The second kappa shape index (κ2) is 9.06. The number of nitrogens with one attached hydrogen (secondary N) is 2. The molecule has 5 heteroatoms. The second-order valence-electron chi connectivity index (χ2n) is 7.43. The molecule has 0 fully saturated rings. The molecule has 0 spiro atoms. The summed E-state index contributed by atoms with van der Waals surface area (Å²) in [5.41, 5.74) is 5.97. The fraction of sp³-hybridized carbons (Fsp3) is 0.192. The summed E-state index contributed by atoms with van der Waals surface area (Å²) in [6, 6.07) is 25.3. The summed E-state index contributed by atoms with van der Waals surface area (Å²) in [5, 5.41) is 17.4. The maximum absolute atomic E-state index is 12.6. The lowest BCUT2D eigenvalue weighted by Gasteiger charge is -2.20. The van der Waals surface area contributed by atoms with Crippen LogP contribution in [0.3, 0.4) is 0 Å². The third kappa shape index (κ3) is 4.18. The molecule has 1 amide bonds. The molecular formula is C26H27N3O2. The Morgan fingerprint density at radius 1 is 0.903 bits per heavy atom. The zero-order chi connectivity index (χ0) is 21.8. The van der Waals surface area contributed by atoms with E-state index in [1.165, 1.54) is 0 Å². The van der Waals surface area contributed by atoms with E-state index in [1.54, 1.807) is 4.90 Å². The molecule has 0 bridgehead atoms. The first-order chi connectivity index (χ1) is 15.1. The zero-order valence-corrected chi connectivity index (χ0v) is 17.8. The van der Waals surface area contributed by atoms with Gasteiger partial charge in [0.25, 0.3) is 5.91 Å². The van der Waals surface area contributed by atoms with E-state index in [1.807, 2.05) is 92.7 Å². The van der Waals surface area contributed by atoms with Crippen molar-refractivity contribution in [1.29, 1.82) is 0 Å².